The van der Waals surface area contributed by atoms with Crippen molar-refractivity contribution in [3.63, 3.8) is 0 Å². The molecule has 0 aliphatic heterocycles. The van der Waals surface area contributed by atoms with Crippen molar-refractivity contribution in [3.8, 4) is 0 Å². The Kier molecular flexibility index (Phi) is 7.74. The molecule has 0 spiro atoms. The zero-order valence-corrected chi connectivity index (χ0v) is 23.4. The minimum Gasteiger partial charge on any atom is -0.345 e. The highest BCUT2D eigenvalue weighted by Gasteiger charge is 2.41. The van der Waals surface area contributed by atoms with Gasteiger partial charge in [0, 0.05) is 18.6 Å². The minimum atomic E-state index is -3.01. The predicted octanol–water partition coefficient (Wildman–Crippen LogP) is 4.99. The highest BCUT2D eigenvalue weighted by atomic mass is 28.3. The van der Waals surface area contributed by atoms with E-state index in [0.29, 0.717) is 6.17 Å². The Labute approximate surface area is 241 Å². The van der Waals surface area contributed by atoms with Gasteiger partial charge >= 0.3 is 0 Å². The molecule has 0 unspecified atom stereocenters. The van der Waals surface area contributed by atoms with E-state index in [2.05, 4.69) is 48.2 Å². The van der Waals surface area contributed by atoms with Crippen LogP contribution in [0.15, 0.2) is 152 Å². The van der Waals surface area contributed by atoms with Crippen molar-refractivity contribution >= 4 is 36.6 Å². The molecule has 1 heterocycles. The largest absolute Gasteiger partial charge is 0.345 e. The SMILES string of the molecule is Fc1cccc([Si](Cn2ccnc2[B]C(c2ccccc2)c2ccccc2)(c2ccccc2)c2cccc(F)c2)c1. The van der Waals surface area contributed by atoms with Crippen LogP contribution in [0.2, 0.25) is 0 Å². The highest BCUT2D eigenvalue weighted by molar-refractivity contribution is 7.10. The van der Waals surface area contributed by atoms with E-state index in [1.165, 1.54) is 12.1 Å². The van der Waals surface area contributed by atoms with Crippen molar-refractivity contribution in [1.29, 1.82) is 0 Å². The first kappa shape index (κ1) is 26.7. The average molecular weight is 554 g/mol. The Hall–Kier alpha value is -4.55. The summed E-state index contributed by atoms with van der Waals surface area (Å²) in [6.07, 6.45) is 4.30. The summed E-state index contributed by atoms with van der Waals surface area (Å²) in [6.45, 7) is 0. The quantitative estimate of drug-likeness (QED) is 0.182. The molecular formula is C35H28BF2N2Si. The normalized spacial score (nSPS) is 11.5. The summed E-state index contributed by atoms with van der Waals surface area (Å²) in [4.78, 5) is 4.79. The molecule has 1 radical (unpaired) electrons. The molecule has 0 fully saturated rings. The molecule has 6 heteroatoms. The third-order valence-corrected chi connectivity index (χ3v) is 12.4. The van der Waals surface area contributed by atoms with Gasteiger partial charge in [0.05, 0.1) is 5.72 Å². The van der Waals surface area contributed by atoms with Gasteiger partial charge in [-0.25, -0.2) is 8.78 Å². The van der Waals surface area contributed by atoms with Crippen molar-refractivity contribution < 1.29 is 8.78 Å². The number of nitrogens with zero attached hydrogens (tertiary/aromatic N) is 2. The summed E-state index contributed by atoms with van der Waals surface area (Å²) in [5, 5.41) is 2.81. The third kappa shape index (κ3) is 5.56. The highest BCUT2D eigenvalue weighted by Crippen LogP contribution is 2.23. The van der Waals surface area contributed by atoms with Gasteiger partial charge in [0.25, 0.3) is 0 Å². The molecule has 6 rings (SSSR count). The van der Waals surface area contributed by atoms with Crippen LogP contribution in [0.3, 0.4) is 0 Å². The number of hydrogen-bond acceptors (Lipinski definition) is 1. The number of imidazole rings is 1. The van der Waals surface area contributed by atoms with Gasteiger partial charge in [-0.1, -0.05) is 115 Å². The fourth-order valence-electron chi connectivity index (χ4n) is 5.73. The lowest BCUT2D eigenvalue weighted by Crippen LogP contribution is -2.70. The van der Waals surface area contributed by atoms with Gasteiger partial charge in [0.1, 0.15) is 11.6 Å². The fourth-order valence-corrected chi connectivity index (χ4v) is 10.3. The summed E-state index contributed by atoms with van der Waals surface area (Å²) in [7, 11) is -0.823. The predicted molar refractivity (Wildman–Crippen MR) is 166 cm³/mol. The van der Waals surface area contributed by atoms with Gasteiger partial charge in [-0.05, 0) is 56.8 Å². The maximum Gasteiger partial charge on any atom is 0.215 e. The zero-order valence-electron chi connectivity index (χ0n) is 22.4. The maximum atomic E-state index is 14.8. The first-order valence-corrected chi connectivity index (χ1v) is 15.9. The smallest absolute Gasteiger partial charge is 0.215 e. The van der Waals surface area contributed by atoms with Gasteiger partial charge in [-0.15, -0.1) is 0 Å². The van der Waals surface area contributed by atoms with Gasteiger partial charge in [-0.2, -0.15) is 0 Å². The van der Waals surface area contributed by atoms with Crippen LogP contribution >= 0.6 is 0 Å². The molecule has 199 valence electrons. The molecule has 0 aliphatic carbocycles. The van der Waals surface area contributed by atoms with Crippen molar-refractivity contribution in [3.05, 3.63) is 175 Å². The van der Waals surface area contributed by atoms with Gasteiger partial charge in [0.2, 0.25) is 7.28 Å². The van der Waals surface area contributed by atoms with E-state index in [4.69, 9.17) is 4.98 Å². The Bertz CT molecular complexity index is 1640. The Morgan fingerprint density at radius 3 is 1.61 bits per heavy atom. The van der Waals surface area contributed by atoms with E-state index < -0.39 is 8.07 Å². The standard InChI is InChI=1S/C35H28BF2N2Si/c37-29-16-10-20-32(24-29)41(31-18-8-3-9-19-31,33-21-11-17-30(38)25-33)26-40-23-22-39-35(40)36-34(27-12-4-1-5-13-27)28-14-6-2-7-15-28/h1-25,34H,26H2. The third-order valence-electron chi connectivity index (χ3n) is 7.69. The molecule has 0 saturated heterocycles. The first-order chi connectivity index (χ1) is 20.1. The average Bonchev–Trinajstić information content (AvgIpc) is 3.46. The van der Waals surface area contributed by atoms with Crippen LogP contribution in [0.1, 0.15) is 16.9 Å². The molecule has 5 aromatic carbocycles. The maximum absolute atomic E-state index is 14.8. The van der Waals surface area contributed by atoms with Crippen molar-refractivity contribution in [2.45, 2.75) is 12.0 Å². The molecule has 41 heavy (non-hydrogen) atoms. The summed E-state index contributed by atoms with van der Waals surface area (Å²) in [5.74, 6) is -0.635. The number of hydrogen-bond donors (Lipinski definition) is 0. The second-order valence-corrected chi connectivity index (χ2v) is 14.0. The van der Waals surface area contributed by atoms with Crippen molar-refractivity contribution in [2.24, 2.45) is 0 Å². The van der Waals surface area contributed by atoms with E-state index in [1.54, 1.807) is 30.5 Å². The lowest BCUT2D eigenvalue weighted by atomic mass is 9.58. The van der Waals surface area contributed by atoms with E-state index in [0.717, 1.165) is 32.4 Å². The van der Waals surface area contributed by atoms with Crippen LogP contribution in [0.5, 0.6) is 0 Å². The zero-order chi connectivity index (χ0) is 28.1. The van der Waals surface area contributed by atoms with E-state index in [9.17, 15) is 8.78 Å². The summed E-state index contributed by atoms with van der Waals surface area (Å²) in [6, 6.07) is 44.5. The van der Waals surface area contributed by atoms with Gasteiger partial charge in [-0.3, -0.25) is 4.98 Å². The number of benzene rings is 5. The monoisotopic (exact) mass is 553 g/mol. The molecule has 0 saturated carbocycles. The molecule has 0 bridgehead atoms. The molecule has 1 aromatic heterocycles. The van der Waals surface area contributed by atoms with Crippen LogP contribution < -0.4 is 21.3 Å². The van der Waals surface area contributed by atoms with Crippen LogP contribution in [0.4, 0.5) is 8.78 Å². The Balaban J connectivity index is 1.50. The topological polar surface area (TPSA) is 17.8 Å². The van der Waals surface area contributed by atoms with Gasteiger partial charge in [0.15, 0.2) is 8.07 Å². The number of halogens is 2. The molecule has 0 atom stereocenters. The van der Waals surface area contributed by atoms with Crippen LogP contribution in [-0.2, 0) is 6.17 Å². The summed E-state index contributed by atoms with van der Waals surface area (Å²) in [5.41, 5.74) is 3.13. The van der Waals surface area contributed by atoms with Crippen LogP contribution in [0, 0.1) is 11.6 Å². The first-order valence-electron chi connectivity index (χ1n) is 13.7. The van der Waals surface area contributed by atoms with Crippen LogP contribution in [0.25, 0.3) is 0 Å². The molecule has 0 N–H and O–H groups in total. The minimum absolute atomic E-state index is 0.0188. The summed E-state index contributed by atoms with van der Waals surface area (Å²) < 4.78 is 31.8. The molecular weight excluding hydrogens is 525 g/mol. The van der Waals surface area contributed by atoms with E-state index in [-0.39, 0.29) is 17.5 Å². The second kappa shape index (κ2) is 11.9. The number of rotatable bonds is 9. The fraction of sp³-hybridized carbons (Fsp3) is 0.0571. The second-order valence-electron chi connectivity index (χ2n) is 10.2. The van der Waals surface area contributed by atoms with E-state index >= 15 is 0 Å². The molecule has 6 aromatic rings. The van der Waals surface area contributed by atoms with Gasteiger partial charge < -0.3 is 4.57 Å². The van der Waals surface area contributed by atoms with Crippen molar-refractivity contribution in [1.82, 2.24) is 9.55 Å². The molecule has 2 nitrogen and oxygen atoms in total. The lowest BCUT2D eigenvalue weighted by Gasteiger charge is -2.35. The Morgan fingerprint density at radius 2 is 1.10 bits per heavy atom. The number of aromatic nitrogens is 2. The molecule has 0 aliphatic rings. The molecule has 0 amide bonds. The lowest BCUT2D eigenvalue weighted by molar-refractivity contribution is 0.628. The summed E-state index contributed by atoms with van der Waals surface area (Å²) >= 11 is 0. The van der Waals surface area contributed by atoms with Crippen molar-refractivity contribution in [2.75, 3.05) is 0 Å². The van der Waals surface area contributed by atoms with Crippen LogP contribution in [-0.4, -0.2) is 24.9 Å². The van der Waals surface area contributed by atoms with E-state index in [1.807, 2.05) is 72.9 Å². The Morgan fingerprint density at radius 1 is 0.610 bits per heavy atom.